The fourth-order valence-electron chi connectivity index (χ4n) is 3.98. The van der Waals surface area contributed by atoms with Crippen molar-refractivity contribution in [3.63, 3.8) is 0 Å². The number of unbranched alkanes of at least 4 members (excludes halogenated alkanes) is 2. The van der Waals surface area contributed by atoms with Crippen LogP contribution in [0.1, 0.15) is 78.1 Å². The fourth-order valence-corrected chi connectivity index (χ4v) is 3.98. The lowest BCUT2D eigenvalue weighted by atomic mass is 9.79. The zero-order valence-corrected chi connectivity index (χ0v) is 14.5. The summed E-state index contributed by atoms with van der Waals surface area (Å²) in [6, 6.07) is 2.47. The molecular weight excluding hydrogens is 274 g/mol. The summed E-state index contributed by atoms with van der Waals surface area (Å²) in [5, 5.41) is 9.52. The monoisotopic (exact) mass is 307 g/mol. The lowest BCUT2D eigenvalue weighted by Crippen LogP contribution is -2.44. The summed E-state index contributed by atoms with van der Waals surface area (Å²) in [7, 11) is 0. The summed E-state index contributed by atoms with van der Waals surface area (Å²) >= 11 is 0. The lowest BCUT2D eigenvalue weighted by molar-refractivity contribution is -0.244. The molecule has 0 bridgehead atoms. The normalized spacial score (nSPS) is 36.0. The van der Waals surface area contributed by atoms with Gasteiger partial charge in [0.1, 0.15) is 5.41 Å². The molecule has 1 saturated carbocycles. The van der Waals surface area contributed by atoms with Crippen molar-refractivity contribution in [1.82, 2.24) is 0 Å². The van der Waals surface area contributed by atoms with E-state index in [0.29, 0.717) is 19.1 Å². The second-order valence-electron chi connectivity index (χ2n) is 7.41. The Kier molecular flexibility index (Phi) is 7.18. The predicted octanol–water partition coefficient (Wildman–Crippen LogP) is 5.06. The van der Waals surface area contributed by atoms with E-state index in [1.54, 1.807) is 0 Å². The van der Waals surface area contributed by atoms with E-state index in [2.05, 4.69) is 19.9 Å². The van der Waals surface area contributed by atoms with Gasteiger partial charge in [-0.1, -0.05) is 46.0 Å². The van der Waals surface area contributed by atoms with Gasteiger partial charge in [0.25, 0.3) is 0 Å². The summed E-state index contributed by atoms with van der Waals surface area (Å²) in [4.78, 5) is 0. The molecule has 2 aliphatic rings. The predicted molar refractivity (Wildman–Crippen MR) is 88.2 cm³/mol. The van der Waals surface area contributed by atoms with Crippen molar-refractivity contribution >= 4 is 0 Å². The van der Waals surface area contributed by atoms with E-state index in [0.717, 1.165) is 18.8 Å². The van der Waals surface area contributed by atoms with Crippen molar-refractivity contribution in [3.05, 3.63) is 0 Å². The van der Waals surface area contributed by atoms with E-state index in [9.17, 15) is 5.26 Å². The van der Waals surface area contributed by atoms with Gasteiger partial charge < -0.3 is 9.47 Å². The number of nitriles is 1. The van der Waals surface area contributed by atoms with Gasteiger partial charge in [-0.25, -0.2) is 0 Å². The van der Waals surface area contributed by atoms with Crippen LogP contribution in [-0.4, -0.2) is 19.5 Å². The molecule has 0 amide bonds. The molecule has 22 heavy (non-hydrogen) atoms. The SMILES string of the molecule is CCCCC[C@]1(C#N)CO[C@@H]([C@H]2CC[C@H](CCC)CC2)OC1. The zero-order chi connectivity index (χ0) is 15.8. The molecule has 2 fully saturated rings. The Balaban J connectivity index is 1.76. The van der Waals surface area contributed by atoms with Crippen LogP contribution < -0.4 is 0 Å². The first kappa shape index (κ1) is 17.8. The molecule has 0 N–H and O–H groups in total. The molecule has 1 heterocycles. The minimum absolute atomic E-state index is 0.0600. The van der Waals surface area contributed by atoms with Crippen molar-refractivity contribution in [2.45, 2.75) is 84.3 Å². The van der Waals surface area contributed by atoms with Gasteiger partial charge in [-0.05, 0) is 38.0 Å². The molecule has 1 saturated heterocycles. The van der Waals surface area contributed by atoms with E-state index in [1.165, 1.54) is 51.4 Å². The number of nitrogens with zero attached hydrogens (tertiary/aromatic N) is 1. The second-order valence-corrected chi connectivity index (χ2v) is 7.41. The van der Waals surface area contributed by atoms with Crippen molar-refractivity contribution in [2.75, 3.05) is 13.2 Å². The van der Waals surface area contributed by atoms with Crippen molar-refractivity contribution in [2.24, 2.45) is 17.3 Å². The maximum absolute atomic E-state index is 9.52. The van der Waals surface area contributed by atoms with Crippen LogP contribution in [0.3, 0.4) is 0 Å². The number of rotatable bonds is 7. The van der Waals surface area contributed by atoms with Crippen LogP contribution in [0.25, 0.3) is 0 Å². The first-order valence-corrected chi connectivity index (χ1v) is 9.37. The van der Waals surface area contributed by atoms with Crippen LogP contribution >= 0.6 is 0 Å². The molecular formula is C19H33NO2. The third-order valence-corrected chi connectivity index (χ3v) is 5.52. The molecule has 0 atom stereocenters. The highest BCUT2D eigenvalue weighted by Crippen LogP contribution is 2.38. The van der Waals surface area contributed by atoms with Crippen LogP contribution in [0.15, 0.2) is 0 Å². The highest BCUT2D eigenvalue weighted by molar-refractivity contribution is 5.00. The summed E-state index contributed by atoms with van der Waals surface area (Å²) in [6.45, 7) is 5.59. The fraction of sp³-hybridized carbons (Fsp3) is 0.947. The molecule has 2 rings (SSSR count). The molecule has 3 nitrogen and oxygen atoms in total. The van der Waals surface area contributed by atoms with E-state index >= 15 is 0 Å². The number of hydrogen-bond donors (Lipinski definition) is 0. The zero-order valence-electron chi connectivity index (χ0n) is 14.5. The van der Waals surface area contributed by atoms with Crippen molar-refractivity contribution in [1.29, 1.82) is 5.26 Å². The van der Waals surface area contributed by atoms with E-state index in [1.807, 2.05) is 0 Å². The first-order valence-electron chi connectivity index (χ1n) is 9.37. The van der Waals surface area contributed by atoms with Gasteiger partial charge in [0, 0.05) is 5.92 Å². The Bertz CT molecular complexity index is 347. The maximum atomic E-state index is 9.52. The average molecular weight is 307 g/mol. The number of hydrogen-bond acceptors (Lipinski definition) is 3. The topological polar surface area (TPSA) is 42.2 Å². The minimum Gasteiger partial charge on any atom is -0.351 e. The van der Waals surface area contributed by atoms with E-state index in [4.69, 9.17) is 9.47 Å². The van der Waals surface area contributed by atoms with Gasteiger partial charge >= 0.3 is 0 Å². The Morgan fingerprint density at radius 1 is 1.00 bits per heavy atom. The van der Waals surface area contributed by atoms with Gasteiger partial charge in [-0.2, -0.15) is 5.26 Å². The highest BCUT2D eigenvalue weighted by atomic mass is 16.7. The Labute approximate surface area is 136 Å². The van der Waals surface area contributed by atoms with E-state index < -0.39 is 5.41 Å². The van der Waals surface area contributed by atoms with Gasteiger partial charge in [-0.3, -0.25) is 0 Å². The van der Waals surface area contributed by atoms with Gasteiger partial charge in [0.15, 0.2) is 6.29 Å². The van der Waals surface area contributed by atoms with Gasteiger partial charge in [0.2, 0.25) is 0 Å². The Morgan fingerprint density at radius 3 is 2.23 bits per heavy atom. The molecule has 0 unspecified atom stereocenters. The van der Waals surface area contributed by atoms with Crippen LogP contribution in [-0.2, 0) is 9.47 Å². The van der Waals surface area contributed by atoms with Crippen LogP contribution in [0.2, 0.25) is 0 Å². The first-order chi connectivity index (χ1) is 10.7. The molecule has 126 valence electrons. The number of ether oxygens (including phenoxy) is 2. The van der Waals surface area contributed by atoms with Crippen molar-refractivity contribution < 1.29 is 9.47 Å². The lowest BCUT2D eigenvalue weighted by Gasteiger charge is -2.40. The van der Waals surface area contributed by atoms with Crippen molar-refractivity contribution in [3.8, 4) is 6.07 Å². The summed E-state index contributed by atoms with van der Waals surface area (Å²) in [5.41, 5.74) is -0.398. The highest BCUT2D eigenvalue weighted by Gasteiger charge is 2.40. The molecule has 0 aromatic rings. The Hall–Kier alpha value is -0.590. The molecule has 0 radical (unpaired) electrons. The standard InChI is InChI=1S/C19H33NO2/c1-3-5-6-12-19(13-20)14-21-18(22-15-19)17-10-8-16(7-4-2)9-11-17/h16-18H,3-12,14-15H2,1-2H3/t16-,17-,18-,19+. The van der Waals surface area contributed by atoms with Gasteiger partial charge in [0.05, 0.1) is 19.3 Å². The second kappa shape index (κ2) is 8.89. The quantitative estimate of drug-likeness (QED) is 0.618. The molecule has 0 aromatic heterocycles. The largest absolute Gasteiger partial charge is 0.351 e. The smallest absolute Gasteiger partial charge is 0.160 e. The molecule has 1 aliphatic carbocycles. The van der Waals surface area contributed by atoms with Gasteiger partial charge in [-0.15, -0.1) is 0 Å². The molecule has 0 spiro atoms. The average Bonchev–Trinajstić information content (AvgIpc) is 2.57. The molecule has 3 heteroatoms. The third kappa shape index (κ3) is 4.70. The summed E-state index contributed by atoms with van der Waals surface area (Å²) in [6.07, 6.45) is 12.1. The summed E-state index contributed by atoms with van der Waals surface area (Å²) < 4.78 is 12.0. The van der Waals surface area contributed by atoms with E-state index in [-0.39, 0.29) is 6.29 Å². The minimum atomic E-state index is -0.398. The summed E-state index contributed by atoms with van der Waals surface area (Å²) in [5.74, 6) is 1.46. The molecule has 1 aliphatic heterocycles. The van der Waals surface area contributed by atoms with Crippen LogP contribution in [0, 0.1) is 28.6 Å². The van der Waals surface area contributed by atoms with Crippen LogP contribution in [0.5, 0.6) is 0 Å². The molecule has 0 aromatic carbocycles. The third-order valence-electron chi connectivity index (χ3n) is 5.52. The van der Waals surface area contributed by atoms with Crippen LogP contribution in [0.4, 0.5) is 0 Å². The maximum Gasteiger partial charge on any atom is 0.160 e. The Morgan fingerprint density at radius 2 is 1.68 bits per heavy atom.